The van der Waals surface area contributed by atoms with Gasteiger partial charge in [0.15, 0.2) is 11.5 Å². The molecule has 0 unspecified atom stereocenters. The number of hydrogen-bond acceptors (Lipinski definition) is 5. The Morgan fingerprint density at radius 2 is 1.46 bits per heavy atom. The molecule has 0 N–H and O–H groups in total. The van der Waals surface area contributed by atoms with Crippen molar-refractivity contribution in [3.63, 3.8) is 0 Å². The van der Waals surface area contributed by atoms with Crippen molar-refractivity contribution >= 4 is 22.4 Å². The first kappa shape index (κ1) is 22.5. The quantitative estimate of drug-likeness (QED) is 0.357. The number of benzene rings is 4. The zero-order valence-corrected chi connectivity index (χ0v) is 19.9. The Morgan fingerprint density at radius 3 is 2.11 bits per heavy atom. The molecule has 1 atom stereocenters. The maximum Gasteiger partial charge on any atom is 0.274 e. The molecule has 4 aromatic carbocycles. The van der Waals surface area contributed by atoms with Gasteiger partial charge < -0.3 is 14.2 Å². The molecule has 6 heteroatoms. The van der Waals surface area contributed by atoms with Gasteiger partial charge in [0.25, 0.3) is 5.91 Å². The first-order chi connectivity index (χ1) is 17.1. The molecule has 5 rings (SSSR count). The predicted octanol–water partition coefficient (Wildman–Crippen LogP) is 5.86. The SMILES string of the molecule is COc1cc(C(=O)N2N=C(c3ccc4ccccc4c3)C[C@H]2c2ccccc2)cc(OC)c1OC. The molecule has 1 heterocycles. The molecular weight excluding hydrogens is 440 g/mol. The fraction of sp³-hybridized carbons (Fsp3) is 0.172. The van der Waals surface area contributed by atoms with E-state index in [1.165, 1.54) is 26.7 Å². The number of ether oxygens (including phenoxy) is 3. The molecule has 0 saturated carbocycles. The summed E-state index contributed by atoms with van der Waals surface area (Å²) in [5.74, 6) is 1.04. The lowest BCUT2D eigenvalue weighted by molar-refractivity contribution is 0.0710. The lowest BCUT2D eigenvalue weighted by Gasteiger charge is -2.23. The topological polar surface area (TPSA) is 60.4 Å². The lowest BCUT2D eigenvalue weighted by atomic mass is 9.96. The van der Waals surface area contributed by atoms with Gasteiger partial charge in [-0.15, -0.1) is 0 Å². The van der Waals surface area contributed by atoms with Crippen molar-refractivity contribution < 1.29 is 19.0 Å². The van der Waals surface area contributed by atoms with Crippen molar-refractivity contribution in [2.45, 2.75) is 12.5 Å². The van der Waals surface area contributed by atoms with Crippen LogP contribution in [0.4, 0.5) is 0 Å². The van der Waals surface area contributed by atoms with Crippen molar-refractivity contribution in [2.24, 2.45) is 5.10 Å². The molecule has 6 nitrogen and oxygen atoms in total. The van der Waals surface area contributed by atoms with Crippen LogP contribution < -0.4 is 14.2 Å². The van der Waals surface area contributed by atoms with Gasteiger partial charge in [0.2, 0.25) is 5.75 Å². The van der Waals surface area contributed by atoms with Crippen molar-refractivity contribution in [2.75, 3.05) is 21.3 Å². The monoisotopic (exact) mass is 466 g/mol. The first-order valence-corrected chi connectivity index (χ1v) is 11.4. The molecule has 1 aliphatic rings. The van der Waals surface area contributed by atoms with E-state index in [0.717, 1.165) is 22.2 Å². The van der Waals surface area contributed by atoms with E-state index in [1.54, 1.807) is 17.1 Å². The molecule has 1 aliphatic heterocycles. The van der Waals surface area contributed by atoms with Gasteiger partial charge in [0.1, 0.15) is 0 Å². The summed E-state index contributed by atoms with van der Waals surface area (Å²) < 4.78 is 16.3. The van der Waals surface area contributed by atoms with Crippen LogP contribution in [-0.2, 0) is 0 Å². The highest BCUT2D eigenvalue weighted by molar-refractivity contribution is 6.07. The second kappa shape index (κ2) is 9.50. The Labute approximate surface area is 204 Å². The Hall–Kier alpha value is -4.32. The number of methoxy groups -OCH3 is 3. The summed E-state index contributed by atoms with van der Waals surface area (Å²) in [6.07, 6.45) is 0.610. The number of hydrazone groups is 1. The van der Waals surface area contributed by atoms with Gasteiger partial charge in [0, 0.05) is 12.0 Å². The minimum Gasteiger partial charge on any atom is -0.493 e. The highest BCUT2D eigenvalue weighted by Crippen LogP contribution is 2.40. The molecule has 0 aromatic heterocycles. The maximum absolute atomic E-state index is 13.8. The van der Waals surface area contributed by atoms with Crippen molar-refractivity contribution in [1.29, 1.82) is 0 Å². The van der Waals surface area contributed by atoms with Crippen molar-refractivity contribution in [3.05, 3.63) is 102 Å². The average molecular weight is 467 g/mol. The van der Waals surface area contributed by atoms with Crippen molar-refractivity contribution in [3.8, 4) is 17.2 Å². The third-order valence-electron chi connectivity index (χ3n) is 6.30. The van der Waals surface area contributed by atoms with Gasteiger partial charge >= 0.3 is 0 Å². The van der Waals surface area contributed by atoms with Gasteiger partial charge in [-0.2, -0.15) is 5.10 Å². The number of rotatable bonds is 6. The van der Waals surface area contributed by atoms with E-state index in [0.29, 0.717) is 29.2 Å². The van der Waals surface area contributed by atoms with Crippen LogP contribution in [0.2, 0.25) is 0 Å². The highest BCUT2D eigenvalue weighted by atomic mass is 16.5. The molecule has 0 spiro atoms. The molecule has 1 amide bonds. The lowest BCUT2D eigenvalue weighted by Crippen LogP contribution is -2.27. The Bertz CT molecular complexity index is 1390. The molecule has 0 fully saturated rings. The number of carbonyl (C=O) groups excluding carboxylic acids is 1. The van der Waals surface area contributed by atoms with Crippen LogP contribution in [0.1, 0.15) is 33.9 Å². The third-order valence-corrected chi connectivity index (χ3v) is 6.30. The first-order valence-electron chi connectivity index (χ1n) is 11.4. The van der Waals surface area contributed by atoms with Crippen LogP contribution in [-0.4, -0.2) is 38.0 Å². The second-order valence-corrected chi connectivity index (χ2v) is 8.30. The molecule has 0 saturated heterocycles. The second-order valence-electron chi connectivity index (χ2n) is 8.30. The molecule has 176 valence electrons. The molecule has 35 heavy (non-hydrogen) atoms. The van der Waals surface area contributed by atoms with Crippen LogP contribution in [0.15, 0.2) is 90.0 Å². The summed E-state index contributed by atoms with van der Waals surface area (Å²) in [5.41, 5.74) is 3.30. The summed E-state index contributed by atoms with van der Waals surface area (Å²) in [4.78, 5) is 13.8. The largest absolute Gasteiger partial charge is 0.493 e. The van der Waals surface area contributed by atoms with Gasteiger partial charge in [-0.05, 0) is 40.1 Å². The van der Waals surface area contributed by atoms with Gasteiger partial charge in [-0.1, -0.05) is 66.7 Å². The van der Waals surface area contributed by atoms with E-state index in [4.69, 9.17) is 19.3 Å². The average Bonchev–Trinajstić information content (AvgIpc) is 3.37. The van der Waals surface area contributed by atoms with Crippen LogP contribution in [0.5, 0.6) is 17.2 Å². The minimum atomic E-state index is -0.242. The fourth-order valence-electron chi connectivity index (χ4n) is 4.51. The Kier molecular flexibility index (Phi) is 6.10. The number of carbonyl (C=O) groups is 1. The fourth-order valence-corrected chi connectivity index (χ4v) is 4.51. The van der Waals surface area contributed by atoms with E-state index >= 15 is 0 Å². The number of fused-ring (bicyclic) bond motifs is 1. The number of nitrogens with zero attached hydrogens (tertiary/aromatic N) is 2. The number of hydrogen-bond donors (Lipinski definition) is 0. The van der Waals surface area contributed by atoms with E-state index < -0.39 is 0 Å². The third kappa shape index (κ3) is 4.19. The summed E-state index contributed by atoms with van der Waals surface area (Å²) >= 11 is 0. The summed E-state index contributed by atoms with van der Waals surface area (Å²) in [7, 11) is 4.60. The number of amides is 1. The van der Waals surface area contributed by atoms with Gasteiger partial charge in [0.05, 0.1) is 33.1 Å². The van der Waals surface area contributed by atoms with Crippen LogP contribution in [0.25, 0.3) is 10.8 Å². The highest BCUT2D eigenvalue weighted by Gasteiger charge is 2.34. The van der Waals surface area contributed by atoms with E-state index in [-0.39, 0.29) is 11.9 Å². The normalized spacial score (nSPS) is 15.1. The van der Waals surface area contributed by atoms with E-state index in [2.05, 4.69) is 30.3 Å². The minimum absolute atomic E-state index is 0.232. The molecular formula is C29H26N2O4. The Balaban J connectivity index is 1.58. The van der Waals surface area contributed by atoms with E-state index in [1.807, 2.05) is 42.5 Å². The summed E-state index contributed by atoms with van der Waals surface area (Å²) in [6, 6.07) is 27.6. The zero-order valence-electron chi connectivity index (χ0n) is 19.9. The van der Waals surface area contributed by atoms with Crippen molar-refractivity contribution in [1.82, 2.24) is 5.01 Å². The smallest absolute Gasteiger partial charge is 0.274 e. The molecule has 0 bridgehead atoms. The predicted molar refractivity (Wildman–Crippen MR) is 137 cm³/mol. The van der Waals surface area contributed by atoms with Gasteiger partial charge in [-0.3, -0.25) is 4.79 Å². The van der Waals surface area contributed by atoms with Crippen LogP contribution in [0.3, 0.4) is 0 Å². The molecule has 4 aromatic rings. The standard InChI is InChI=1S/C29H26N2O4/c1-33-26-16-23(17-27(34-2)28(26)35-3)29(32)31-25(20-10-5-4-6-11-20)18-24(30-31)22-14-13-19-9-7-8-12-21(19)15-22/h4-17,25H,18H2,1-3H3/t25-/m0/s1. The summed E-state index contributed by atoms with van der Waals surface area (Å²) in [6.45, 7) is 0. The van der Waals surface area contributed by atoms with Gasteiger partial charge in [-0.25, -0.2) is 5.01 Å². The Morgan fingerprint density at radius 1 is 0.800 bits per heavy atom. The van der Waals surface area contributed by atoms with Crippen LogP contribution in [0, 0.1) is 0 Å². The summed E-state index contributed by atoms with van der Waals surface area (Å²) in [5, 5.41) is 8.71. The molecule has 0 radical (unpaired) electrons. The molecule has 0 aliphatic carbocycles. The van der Waals surface area contributed by atoms with Crippen LogP contribution >= 0.6 is 0 Å². The van der Waals surface area contributed by atoms with E-state index in [9.17, 15) is 4.79 Å². The maximum atomic E-state index is 13.8. The zero-order chi connectivity index (χ0) is 24.4.